The lowest BCUT2D eigenvalue weighted by atomic mass is 10.7. The summed E-state index contributed by atoms with van der Waals surface area (Å²) in [5, 5.41) is 10.7. The molecule has 0 heterocycles. The Balaban J connectivity index is 0. The summed E-state index contributed by atoms with van der Waals surface area (Å²) in [7, 11) is -0.999. The number of nitriles is 1. The highest BCUT2D eigenvalue weighted by Crippen LogP contribution is 2.19. The van der Waals surface area contributed by atoms with E-state index in [0.717, 1.165) is 13.1 Å². The van der Waals surface area contributed by atoms with Gasteiger partial charge >= 0.3 is 14.5 Å². The van der Waals surface area contributed by atoms with E-state index >= 15 is 0 Å². The second-order valence-corrected chi connectivity index (χ2v) is 2.54. The molecule has 0 saturated heterocycles. The minimum absolute atomic E-state index is 1.09. The second-order valence-electron chi connectivity index (χ2n) is 1.55. The van der Waals surface area contributed by atoms with Crippen LogP contribution in [0.4, 0.5) is 0 Å². The highest BCUT2D eigenvalue weighted by atomic mass is 31.1. The molecular formula is C6H14N2O3P+. The average molecular weight is 193 g/mol. The van der Waals surface area contributed by atoms with Gasteiger partial charge in [-0.1, -0.05) is 13.8 Å². The van der Waals surface area contributed by atoms with Crippen molar-refractivity contribution in [1.82, 2.24) is 5.32 Å². The summed E-state index contributed by atoms with van der Waals surface area (Å²) in [6, 6.07) is 0. The van der Waals surface area contributed by atoms with Gasteiger partial charge in [-0.3, -0.25) is 0 Å². The quantitative estimate of drug-likeness (QED) is 0.539. The van der Waals surface area contributed by atoms with Crippen molar-refractivity contribution in [2.24, 2.45) is 0 Å². The maximum Gasteiger partial charge on any atom is 0.761 e. The van der Waals surface area contributed by atoms with Crippen LogP contribution in [0.2, 0.25) is 0 Å². The summed E-state index contributed by atoms with van der Waals surface area (Å²) in [6.07, 6.45) is 1.21. The van der Waals surface area contributed by atoms with Crippen molar-refractivity contribution in [2.75, 3.05) is 20.2 Å². The van der Waals surface area contributed by atoms with Crippen LogP contribution in [-0.2, 0) is 13.6 Å². The predicted molar refractivity (Wildman–Crippen MR) is 45.5 cm³/mol. The van der Waals surface area contributed by atoms with Gasteiger partial charge in [0, 0.05) is 4.57 Å². The molecule has 0 aliphatic heterocycles. The smallest absolute Gasteiger partial charge is 0.317 e. The summed E-state index contributed by atoms with van der Waals surface area (Å²) < 4.78 is 17.7. The number of hydrogen-bond donors (Lipinski definition) is 1. The van der Waals surface area contributed by atoms with Crippen LogP contribution >= 0.6 is 8.25 Å². The first-order valence-corrected chi connectivity index (χ1v) is 4.60. The molecule has 1 unspecified atom stereocenters. The Morgan fingerprint density at radius 3 is 2.08 bits per heavy atom. The topological polar surface area (TPSA) is 71.3 Å². The molecule has 0 saturated carbocycles. The van der Waals surface area contributed by atoms with Gasteiger partial charge in [0.05, 0.1) is 7.11 Å². The normalized spacial score (nSPS) is 9.00. The van der Waals surface area contributed by atoms with Crippen LogP contribution < -0.4 is 5.32 Å². The second kappa shape index (κ2) is 12.9. The Hall–Kier alpha value is -0.690. The molecule has 12 heavy (non-hydrogen) atoms. The molecule has 0 rings (SSSR count). The van der Waals surface area contributed by atoms with Gasteiger partial charge in [0.1, 0.15) is 0 Å². The van der Waals surface area contributed by atoms with E-state index in [4.69, 9.17) is 5.26 Å². The fourth-order valence-corrected chi connectivity index (χ4v) is 0.462. The van der Waals surface area contributed by atoms with E-state index in [9.17, 15) is 4.57 Å². The molecular weight excluding hydrogens is 179 g/mol. The third-order valence-electron chi connectivity index (χ3n) is 0.764. The molecule has 0 aromatic carbocycles. The molecule has 0 bridgehead atoms. The minimum atomic E-state index is -2.19. The molecule has 1 atom stereocenters. The van der Waals surface area contributed by atoms with Crippen molar-refractivity contribution in [1.29, 1.82) is 5.26 Å². The molecule has 5 nitrogen and oxygen atoms in total. The van der Waals surface area contributed by atoms with Crippen LogP contribution in [0.25, 0.3) is 0 Å². The van der Waals surface area contributed by atoms with Gasteiger partial charge in [0.25, 0.3) is 0 Å². The third-order valence-corrected chi connectivity index (χ3v) is 1.29. The van der Waals surface area contributed by atoms with E-state index < -0.39 is 8.25 Å². The highest BCUT2D eigenvalue weighted by molar-refractivity contribution is 7.33. The summed E-state index contributed by atoms with van der Waals surface area (Å²) >= 11 is 0. The Labute approximate surface area is 73.6 Å². The molecule has 0 aromatic heterocycles. The van der Waals surface area contributed by atoms with Crippen LogP contribution in [0.3, 0.4) is 0 Å². The zero-order valence-corrected chi connectivity index (χ0v) is 8.43. The van der Waals surface area contributed by atoms with Crippen LogP contribution in [0.1, 0.15) is 13.8 Å². The largest absolute Gasteiger partial charge is 0.761 e. The predicted octanol–water partition coefficient (Wildman–Crippen LogP) is 1.40. The summed E-state index contributed by atoms with van der Waals surface area (Å²) in [5.41, 5.74) is 0. The van der Waals surface area contributed by atoms with E-state index in [0.29, 0.717) is 0 Å². The molecule has 0 fully saturated rings. The Bertz CT molecular complexity index is 144. The summed E-state index contributed by atoms with van der Waals surface area (Å²) in [6.45, 7) is 6.39. The molecule has 0 aliphatic carbocycles. The van der Waals surface area contributed by atoms with Gasteiger partial charge in [-0.25, -0.2) is 0 Å². The van der Waals surface area contributed by atoms with Crippen molar-refractivity contribution in [2.45, 2.75) is 13.8 Å². The van der Waals surface area contributed by atoms with Gasteiger partial charge in [-0.15, -0.1) is 14.3 Å². The molecule has 0 aliphatic rings. The minimum Gasteiger partial charge on any atom is -0.317 e. The Morgan fingerprint density at radius 2 is 2.00 bits per heavy atom. The standard InChI is InChI=1S/C4H11N.C2H3NO3P/c1-3-5-4-2;1-5-7(4)6-2-3/h5H,3-4H2,1-2H3;1H3/q;+1. The zero-order chi connectivity index (χ0) is 9.82. The van der Waals surface area contributed by atoms with Gasteiger partial charge < -0.3 is 5.32 Å². The van der Waals surface area contributed by atoms with Crippen molar-refractivity contribution in [3.8, 4) is 6.26 Å². The number of hydrogen-bond acceptors (Lipinski definition) is 5. The van der Waals surface area contributed by atoms with Crippen molar-refractivity contribution in [3.05, 3.63) is 0 Å². The van der Waals surface area contributed by atoms with Gasteiger partial charge in [0.2, 0.25) is 0 Å². The van der Waals surface area contributed by atoms with Crippen LogP contribution in [0.5, 0.6) is 0 Å². The first-order chi connectivity index (χ1) is 5.72. The molecule has 6 heteroatoms. The first kappa shape index (κ1) is 13.9. The monoisotopic (exact) mass is 193 g/mol. The van der Waals surface area contributed by atoms with Crippen LogP contribution in [0.15, 0.2) is 0 Å². The summed E-state index contributed by atoms with van der Waals surface area (Å²) in [4.78, 5) is 0. The highest BCUT2D eigenvalue weighted by Gasteiger charge is 2.15. The van der Waals surface area contributed by atoms with Gasteiger partial charge in [-0.2, -0.15) is 0 Å². The molecule has 0 aromatic rings. The van der Waals surface area contributed by atoms with Gasteiger partial charge in [-0.05, 0) is 13.1 Å². The van der Waals surface area contributed by atoms with E-state index in [1.54, 1.807) is 0 Å². The molecule has 0 amide bonds. The molecule has 70 valence electrons. The average Bonchev–Trinajstić information content (AvgIpc) is 2.07. The molecule has 0 spiro atoms. The van der Waals surface area contributed by atoms with Crippen molar-refractivity contribution < 1.29 is 13.6 Å². The fourth-order valence-electron chi connectivity index (χ4n) is 0.321. The van der Waals surface area contributed by atoms with E-state index in [-0.39, 0.29) is 0 Å². The maximum absolute atomic E-state index is 9.89. The van der Waals surface area contributed by atoms with Crippen LogP contribution in [0, 0.1) is 11.5 Å². The lowest BCUT2D eigenvalue weighted by Gasteiger charge is -1.86. The lowest BCUT2D eigenvalue weighted by Crippen LogP contribution is -2.09. The molecule has 1 N–H and O–H groups in total. The Kier molecular flexibility index (Phi) is 15.0. The van der Waals surface area contributed by atoms with E-state index in [2.05, 4.69) is 28.2 Å². The first-order valence-electron chi connectivity index (χ1n) is 3.51. The zero-order valence-electron chi connectivity index (χ0n) is 7.53. The Morgan fingerprint density at radius 1 is 1.50 bits per heavy atom. The van der Waals surface area contributed by atoms with E-state index in [1.165, 1.54) is 13.4 Å². The number of rotatable bonds is 4. The lowest BCUT2D eigenvalue weighted by molar-refractivity contribution is 0.334. The molecule has 0 radical (unpaired) electrons. The van der Waals surface area contributed by atoms with Crippen molar-refractivity contribution >= 4 is 8.25 Å². The third kappa shape index (κ3) is 16.1. The number of nitrogens with zero attached hydrogens (tertiary/aromatic N) is 1. The fraction of sp³-hybridized carbons (Fsp3) is 0.833. The SMILES string of the molecule is CCNCC.CO[P+](=O)OC#N. The van der Waals surface area contributed by atoms with E-state index in [1.807, 2.05) is 0 Å². The number of nitrogens with one attached hydrogen (secondary N) is 1. The summed E-state index contributed by atoms with van der Waals surface area (Å²) in [5.74, 6) is 0. The van der Waals surface area contributed by atoms with Crippen LogP contribution in [-0.4, -0.2) is 20.2 Å². The van der Waals surface area contributed by atoms with Crippen molar-refractivity contribution in [3.63, 3.8) is 0 Å². The van der Waals surface area contributed by atoms with Gasteiger partial charge in [0.15, 0.2) is 0 Å². The maximum atomic E-state index is 9.89.